The Bertz CT molecular complexity index is 3620. The maximum atomic E-state index is 14.4. The number of hydrogen-bond donors (Lipinski definition) is 26. The third-order valence-electron chi connectivity index (χ3n) is 25.4. The number of Topliss-reactive ketones (excluding diaryl/α,β-unsaturated/α-hetero) is 1. The molecule has 136 heavy (non-hydrogen) atoms. The van der Waals surface area contributed by atoms with Crippen LogP contribution in [0, 0.1) is 5.92 Å². The number of aliphatic hydroxyl groups is 19. The number of ketones is 1. The topological polar surface area (TPSA) is 741 Å². The quantitative estimate of drug-likeness (QED) is 0.0206. The fraction of sp³-hybridized carbons (Fsp3) is 0.867. The van der Waals surface area contributed by atoms with Crippen LogP contribution in [0.1, 0.15) is 234 Å². The fourth-order valence-corrected chi connectivity index (χ4v) is 18.0. The van der Waals surface area contributed by atoms with Crippen molar-refractivity contribution in [3.63, 3.8) is 0 Å². The van der Waals surface area contributed by atoms with Crippen LogP contribution in [0.15, 0.2) is 24.3 Å². The maximum Gasteiger partial charge on any atom is 0.364 e. The first-order chi connectivity index (χ1) is 64.6. The molecule has 0 saturated carbocycles. The van der Waals surface area contributed by atoms with Gasteiger partial charge in [-0.1, -0.05) is 154 Å². The predicted molar refractivity (Wildman–Crippen MR) is 470 cm³/mol. The molecule has 26 N–H and O–H groups in total. The molecule has 0 aromatic heterocycles. The van der Waals surface area contributed by atoms with E-state index in [4.69, 9.17) is 56.8 Å². The Hall–Kier alpha value is -5.80. The molecule has 3 unspecified atom stereocenters. The number of carboxylic acids is 3. The van der Waals surface area contributed by atoms with Gasteiger partial charge in [0.2, 0.25) is 23.6 Å². The molecule has 4 amide bonds. The van der Waals surface area contributed by atoms with Crippen LogP contribution in [0.2, 0.25) is 0 Å². The third kappa shape index (κ3) is 34.2. The number of carbonyl (C=O) groups excluding carboxylic acids is 5. The van der Waals surface area contributed by atoms with Gasteiger partial charge in [-0.3, -0.25) is 19.2 Å². The monoisotopic (exact) mass is 1960 g/mol. The van der Waals surface area contributed by atoms with E-state index in [1.54, 1.807) is 6.08 Å². The molecule has 6 saturated heterocycles. The summed E-state index contributed by atoms with van der Waals surface area (Å²) in [6, 6.07) is -7.30. The third-order valence-corrected chi connectivity index (χ3v) is 25.4. The van der Waals surface area contributed by atoms with Crippen LogP contribution < -0.4 is 21.3 Å². The normalized spacial score (nSPS) is 34.1. The molecule has 6 heterocycles. The first-order valence-corrected chi connectivity index (χ1v) is 47.7. The highest BCUT2D eigenvalue weighted by Gasteiger charge is 2.65. The van der Waals surface area contributed by atoms with Crippen molar-refractivity contribution in [2.24, 2.45) is 5.92 Å². The van der Waals surface area contributed by atoms with Crippen molar-refractivity contribution in [3.8, 4) is 0 Å². The highest BCUT2D eigenvalue weighted by molar-refractivity contribution is 5.79. The van der Waals surface area contributed by atoms with Gasteiger partial charge in [-0.15, -0.1) is 0 Å². The van der Waals surface area contributed by atoms with Crippen LogP contribution in [-0.2, 0) is 95.2 Å². The van der Waals surface area contributed by atoms with Gasteiger partial charge in [0.05, 0.1) is 101 Å². The van der Waals surface area contributed by atoms with Gasteiger partial charge in [0.15, 0.2) is 18.9 Å². The first-order valence-electron chi connectivity index (χ1n) is 47.7. The number of carboxylic acid groups (broad SMARTS) is 3. The van der Waals surface area contributed by atoms with Crippen molar-refractivity contribution < 1.29 is 208 Å². The molecule has 786 valence electrons. The molecule has 0 aromatic rings. The van der Waals surface area contributed by atoms with Gasteiger partial charge in [-0.05, 0) is 51.9 Å². The second kappa shape index (κ2) is 59.3. The predicted octanol–water partition coefficient (Wildman–Crippen LogP) is -3.65. The Balaban J connectivity index is 1.32. The molecule has 46 nitrogen and oxygen atoms in total. The highest BCUT2D eigenvalue weighted by Crippen LogP contribution is 2.45. The van der Waals surface area contributed by atoms with Crippen molar-refractivity contribution in [1.29, 1.82) is 0 Å². The zero-order chi connectivity index (χ0) is 101. The van der Waals surface area contributed by atoms with E-state index in [1.807, 2.05) is 0 Å². The average Bonchev–Trinajstić information content (AvgIpc) is 0.732. The number of unbranched alkanes of at least 4 members (excludes halogenated alkanes) is 22. The number of aliphatic hydroxyl groups excluding tert-OH is 19. The van der Waals surface area contributed by atoms with E-state index in [0.717, 1.165) is 105 Å². The number of rotatable bonds is 63. The lowest BCUT2D eigenvalue weighted by molar-refractivity contribution is -0.404. The highest BCUT2D eigenvalue weighted by atomic mass is 16.8. The summed E-state index contributed by atoms with van der Waals surface area (Å²) in [5.41, 5.74) is 0. The number of ether oxygens (including phenoxy) is 12. The summed E-state index contributed by atoms with van der Waals surface area (Å²) in [7, 11) is 0. The standard InChI is InChI=1S/C90H154N4O42/c1-7-9-11-13-15-17-19-21-22-24-26-28-30-32-34-36-64(110)94-53(54(105)35-33-31-29-27-25-23-20-18-16-14-12-10-8-2)47-125-83-74(117)73(116)76(62(45-99)127-83)129-84-75(118)81(77(63(46-100)128-84)130-82-52(37-48(3)101)68(111)70(113)59(42-96)126-82)136-90(87(123)124)40-57(108)67(93-51(6)104)80(135-90)72(115)61(44-98)132-89(86(121)122)39-56(107)66(92-50(5)103)79(134-89)71(114)60(43-97)131-88(85(119)120)38-55(106)65(91-49(4)102)78(133-88)69(112)58(109)41-95/h21-22,33,35,52-63,65-84,95-100,105-109,111-118H,7-20,23-32,34,36-47H2,1-6H3,(H,91,102)(H,92,103)(H,93,104)(H,94,110)(H,119,120)(H,121,122)(H,123,124)/t52-,53+,54-,55+,56+,57+,58-,59-,60-,61-,62-,63-,65-,66-,67-,68-,69-,70+,71-,72-,73-,74-,75-,76-,77+,78?,79?,80?,81-,82+,83-,84+,88-,89-,90+/m1/s1. The van der Waals surface area contributed by atoms with Crippen LogP contribution in [0.25, 0.3) is 0 Å². The van der Waals surface area contributed by atoms with Gasteiger partial charge in [0.25, 0.3) is 17.4 Å². The number of hydrogen-bond acceptors (Lipinski definition) is 39. The molecular weight excluding hydrogens is 1810 g/mol. The zero-order valence-electron chi connectivity index (χ0n) is 78.5. The van der Waals surface area contributed by atoms with E-state index in [1.165, 1.54) is 76.7 Å². The number of aliphatic carboxylic acids is 3. The Morgan fingerprint density at radius 2 is 0.809 bits per heavy atom. The molecule has 6 rings (SSSR count). The van der Waals surface area contributed by atoms with Crippen molar-refractivity contribution in [1.82, 2.24) is 21.3 Å². The van der Waals surface area contributed by atoms with E-state index in [-0.39, 0.29) is 6.42 Å². The molecule has 6 aliphatic heterocycles. The van der Waals surface area contributed by atoms with Crippen LogP contribution in [0.3, 0.4) is 0 Å². The molecule has 0 aromatic carbocycles. The second-order valence-electron chi connectivity index (χ2n) is 36.4. The molecule has 0 radical (unpaired) electrons. The van der Waals surface area contributed by atoms with Crippen LogP contribution in [-0.4, -0.2) is 413 Å². The van der Waals surface area contributed by atoms with E-state index in [9.17, 15) is 151 Å². The Labute approximate surface area is 790 Å². The van der Waals surface area contributed by atoms with E-state index in [2.05, 4.69) is 47.3 Å². The van der Waals surface area contributed by atoms with Crippen molar-refractivity contribution in [2.75, 3.05) is 46.2 Å². The van der Waals surface area contributed by atoms with E-state index < -0.39 is 332 Å². The van der Waals surface area contributed by atoms with Crippen LogP contribution >= 0.6 is 0 Å². The number of amides is 4. The van der Waals surface area contributed by atoms with Crippen LogP contribution in [0.5, 0.6) is 0 Å². The SMILES string of the molecule is CCCCCCCCC=CCCCCCCCC(=O)N[C@@H](CO[C@@H]1O[C@H](CO)[C@@H](O[C@@H]2O[C@H](CO)[C@H](O[C@@H]3O[C@H](CO)[C@H](O)[C@H](O)[C@H]3CC(C)=O)[C@H](O[C@]3(C(=O)O)C[C@H](O)[C@@H](NC(C)=O)C([C@H](O)[C@@H](CO)O[C@]4(C(=O)O)C[C@H](O)[C@@H](NC(C)=O)C([C@H](O)[C@@H](CO)O[C@]5(C(=O)O)C[C@H](O)[C@@H](NC(C)=O)C([C@H](O)[C@H](O)CO)O5)O4)O3)[C@H]2O)[C@H](O)[C@H]1O)[C@H](O)C=CCCCCCCCCCCCCC. The molecule has 46 heteroatoms. The smallest absolute Gasteiger partial charge is 0.364 e. The summed E-state index contributed by atoms with van der Waals surface area (Å²) in [6.45, 7) is -0.634. The van der Waals surface area contributed by atoms with Crippen LogP contribution in [0.4, 0.5) is 0 Å². The minimum atomic E-state index is -3.71. The maximum absolute atomic E-state index is 14.4. The molecular formula is C90H154N4O42. The molecule has 35 atom stereocenters. The van der Waals surface area contributed by atoms with Gasteiger partial charge in [0.1, 0.15) is 122 Å². The van der Waals surface area contributed by atoms with Gasteiger partial charge in [0, 0.05) is 58.8 Å². The fourth-order valence-electron chi connectivity index (χ4n) is 18.0. The lowest BCUT2D eigenvalue weighted by atomic mass is 9.86. The second-order valence-corrected chi connectivity index (χ2v) is 36.4. The zero-order valence-corrected chi connectivity index (χ0v) is 78.5. The van der Waals surface area contributed by atoms with Crippen molar-refractivity contribution >= 4 is 47.3 Å². The van der Waals surface area contributed by atoms with Gasteiger partial charge in [-0.25, -0.2) is 14.4 Å². The molecule has 6 fully saturated rings. The van der Waals surface area contributed by atoms with E-state index in [0.29, 0.717) is 12.8 Å². The van der Waals surface area contributed by atoms with Crippen molar-refractivity contribution in [2.45, 2.75) is 441 Å². The Morgan fingerprint density at radius 1 is 0.419 bits per heavy atom. The summed E-state index contributed by atoms with van der Waals surface area (Å²) in [5.74, 6) is -23.6. The summed E-state index contributed by atoms with van der Waals surface area (Å²) >= 11 is 0. The minimum Gasteiger partial charge on any atom is -0.477 e. The first kappa shape index (κ1) is 119. The average molecular weight is 1960 g/mol. The molecule has 0 aliphatic carbocycles. The summed E-state index contributed by atoms with van der Waals surface area (Å²) < 4.78 is 71.9. The van der Waals surface area contributed by atoms with Gasteiger partial charge < -0.3 is 195 Å². The minimum absolute atomic E-state index is 0.0689. The Morgan fingerprint density at radius 3 is 1.23 bits per heavy atom. The number of nitrogens with one attached hydrogen (secondary N) is 4. The van der Waals surface area contributed by atoms with Crippen molar-refractivity contribution in [3.05, 3.63) is 24.3 Å². The summed E-state index contributed by atoms with van der Waals surface area (Å²) in [5, 5.41) is 261. The summed E-state index contributed by atoms with van der Waals surface area (Å²) in [4.78, 5) is 107. The lowest BCUT2D eigenvalue weighted by Crippen LogP contribution is -2.72. The van der Waals surface area contributed by atoms with E-state index >= 15 is 0 Å². The number of allylic oxidation sites excluding steroid dienone is 3. The summed E-state index contributed by atoms with van der Waals surface area (Å²) in [6.07, 6.45) is -32.9. The van der Waals surface area contributed by atoms with Gasteiger partial charge >= 0.3 is 17.9 Å². The molecule has 6 aliphatic rings. The lowest BCUT2D eigenvalue weighted by Gasteiger charge is -2.53. The molecule has 0 bridgehead atoms. The largest absolute Gasteiger partial charge is 0.477 e. The van der Waals surface area contributed by atoms with Gasteiger partial charge in [-0.2, -0.15) is 0 Å². The Kier molecular flexibility index (Phi) is 51.9. The number of carbonyl (C=O) groups is 8. The molecule has 0 spiro atoms.